The standard InChI is InChI=1S/C16H23ClN2OS/c17-15-5-2-1-4-13(15)11-21-9-3-8-19-16(20)12-6-7-14(18)10-12/h1-2,4-5,12,14H,3,6-11,18H2,(H,19,20)/t12-,14+/m0/s1. The number of carbonyl (C=O) groups is 1. The van der Waals surface area contributed by atoms with E-state index in [1.165, 1.54) is 5.56 Å². The van der Waals surface area contributed by atoms with Gasteiger partial charge in [0.25, 0.3) is 0 Å². The molecule has 0 heterocycles. The van der Waals surface area contributed by atoms with Crippen LogP contribution in [0.3, 0.4) is 0 Å². The van der Waals surface area contributed by atoms with Crippen LogP contribution in [0.4, 0.5) is 0 Å². The van der Waals surface area contributed by atoms with Crippen LogP contribution in [0.5, 0.6) is 0 Å². The van der Waals surface area contributed by atoms with Crippen molar-refractivity contribution in [2.24, 2.45) is 11.7 Å². The van der Waals surface area contributed by atoms with Gasteiger partial charge in [-0.25, -0.2) is 0 Å². The predicted molar refractivity (Wildman–Crippen MR) is 90.6 cm³/mol. The normalized spacial score (nSPS) is 21.4. The van der Waals surface area contributed by atoms with Crippen LogP contribution in [0.2, 0.25) is 5.02 Å². The molecule has 3 nitrogen and oxygen atoms in total. The van der Waals surface area contributed by atoms with E-state index in [0.717, 1.165) is 48.8 Å². The van der Waals surface area contributed by atoms with Crippen LogP contribution >= 0.6 is 23.4 Å². The van der Waals surface area contributed by atoms with Gasteiger partial charge in [-0.05, 0) is 43.1 Å². The van der Waals surface area contributed by atoms with Crippen molar-refractivity contribution in [3.63, 3.8) is 0 Å². The minimum Gasteiger partial charge on any atom is -0.356 e. The molecule has 3 N–H and O–H groups in total. The van der Waals surface area contributed by atoms with Crippen LogP contribution in [0, 0.1) is 5.92 Å². The Morgan fingerprint density at radius 3 is 2.90 bits per heavy atom. The monoisotopic (exact) mass is 326 g/mol. The first kappa shape index (κ1) is 16.7. The SMILES string of the molecule is N[C@@H]1CC[C@H](C(=O)NCCCSCc2ccccc2Cl)C1. The Hall–Kier alpha value is -0.710. The smallest absolute Gasteiger partial charge is 0.223 e. The first-order chi connectivity index (χ1) is 10.2. The molecule has 1 amide bonds. The molecule has 0 bridgehead atoms. The van der Waals surface area contributed by atoms with E-state index in [9.17, 15) is 4.79 Å². The van der Waals surface area contributed by atoms with Crippen molar-refractivity contribution >= 4 is 29.3 Å². The number of benzene rings is 1. The van der Waals surface area contributed by atoms with Crippen LogP contribution in [0.1, 0.15) is 31.2 Å². The van der Waals surface area contributed by atoms with Gasteiger partial charge >= 0.3 is 0 Å². The lowest BCUT2D eigenvalue weighted by Gasteiger charge is -2.10. The summed E-state index contributed by atoms with van der Waals surface area (Å²) in [5.74, 6) is 2.26. The van der Waals surface area contributed by atoms with Crippen molar-refractivity contribution < 1.29 is 4.79 Å². The van der Waals surface area contributed by atoms with Crippen molar-refractivity contribution in [3.05, 3.63) is 34.9 Å². The molecule has 1 aliphatic rings. The second-order valence-corrected chi connectivity index (χ2v) is 7.07. The van der Waals surface area contributed by atoms with Gasteiger partial charge in [0.05, 0.1) is 0 Å². The molecule has 0 aromatic heterocycles. The van der Waals surface area contributed by atoms with Gasteiger partial charge in [0.15, 0.2) is 0 Å². The summed E-state index contributed by atoms with van der Waals surface area (Å²) in [6.07, 6.45) is 3.74. The molecule has 0 aliphatic heterocycles. The summed E-state index contributed by atoms with van der Waals surface area (Å²) in [7, 11) is 0. The Morgan fingerprint density at radius 1 is 1.38 bits per heavy atom. The Morgan fingerprint density at radius 2 is 2.19 bits per heavy atom. The van der Waals surface area contributed by atoms with Gasteiger partial charge < -0.3 is 11.1 Å². The van der Waals surface area contributed by atoms with E-state index >= 15 is 0 Å². The number of nitrogens with one attached hydrogen (secondary N) is 1. The third kappa shape index (κ3) is 5.53. The molecule has 21 heavy (non-hydrogen) atoms. The maximum Gasteiger partial charge on any atom is 0.223 e. The Balaban J connectivity index is 1.54. The number of nitrogens with two attached hydrogens (primary N) is 1. The summed E-state index contributed by atoms with van der Waals surface area (Å²) >= 11 is 7.96. The van der Waals surface area contributed by atoms with Crippen molar-refractivity contribution in [3.8, 4) is 0 Å². The number of halogens is 1. The number of carbonyl (C=O) groups excluding carboxylic acids is 1. The van der Waals surface area contributed by atoms with Crippen molar-refractivity contribution in [1.82, 2.24) is 5.32 Å². The lowest BCUT2D eigenvalue weighted by molar-refractivity contribution is -0.124. The molecule has 0 radical (unpaired) electrons. The number of thioether (sulfide) groups is 1. The molecule has 116 valence electrons. The molecule has 0 spiro atoms. The van der Waals surface area contributed by atoms with Crippen LogP contribution in [0.15, 0.2) is 24.3 Å². The predicted octanol–water partition coefficient (Wildman–Crippen LogP) is 3.21. The highest BCUT2D eigenvalue weighted by Gasteiger charge is 2.27. The second-order valence-electron chi connectivity index (χ2n) is 5.56. The highest BCUT2D eigenvalue weighted by atomic mass is 35.5. The molecular formula is C16H23ClN2OS. The summed E-state index contributed by atoms with van der Waals surface area (Å²) in [6, 6.07) is 8.14. The Labute approximate surface area is 136 Å². The highest BCUT2D eigenvalue weighted by Crippen LogP contribution is 2.24. The van der Waals surface area contributed by atoms with Gasteiger partial charge in [-0.3, -0.25) is 4.79 Å². The second kappa shape index (κ2) is 8.66. The molecule has 1 fully saturated rings. The zero-order valence-corrected chi connectivity index (χ0v) is 13.8. The Kier molecular flexibility index (Phi) is 6.87. The first-order valence-electron chi connectivity index (χ1n) is 7.51. The van der Waals surface area contributed by atoms with Crippen molar-refractivity contribution in [2.45, 2.75) is 37.5 Å². The molecule has 2 rings (SSSR count). The van der Waals surface area contributed by atoms with Crippen molar-refractivity contribution in [1.29, 1.82) is 0 Å². The largest absolute Gasteiger partial charge is 0.356 e. The summed E-state index contributed by atoms with van der Waals surface area (Å²) in [6.45, 7) is 0.750. The zero-order chi connectivity index (χ0) is 15.1. The van der Waals surface area contributed by atoms with E-state index in [2.05, 4.69) is 11.4 Å². The number of amides is 1. The van der Waals surface area contributed by atoms with E-state index < -0.39 is 0 Å². The fraction of sp³-hybridized carbons (Fsp3) is 0.562. The van der Waals surface area contributed by atoms with Gasteiger partial charge in [-0.1, -0.05) is 29.8 Å². The van der Waals surface area contributed by atoms with E-state index in [0.29, 0.717) is 0 Å². The lowest BCUT2D eigenvalue weighted by atomic mass is 10.1. The lowest BCUT2D eigenvalue weighted by Crippen LogP contribution is -2.31. The van der Waals surface area contributed by atoms with Gasteiger partial charge in [0.1, 0.15) is 0 Å². The van der Waals surface area contributed by atoms with E-state index in [4.69, 9.17) is 17.3 Å². The van der Waals surface area contributed by atoms with E-state index in [-0.39, 0.29) is 17.9 Å². The fourth-order valence-electron chi connectivity index (χ4n) is 2.58. The van der Waals surface area contributed by atoms with E-state index in [1.807, 2.05) is 30.0 Å². The minimum atomic E-state index is 0.135. The summed E-state index contributed by atoms with van der Waals surface area (Å²) < 4.78 is 0. The quantitative estimate of drug-likeness (QED) is 0.756. The topological polar surface area (TPSA) is 55.1 Å². The Bertz CT molecular complexity index is 469. The van der Waals surface area contributed by atoms with Crippen LogP contribution < -0.4 is 11.1 Å². The van der Waals surface area contributed by atoms with Gasteiger partial charge in [0.2, 0.25) is 5.91 Å². The molecule has 2 atom stereocenters. The van der Waals surface area contributed by atoms with Gasteiger partial charge in [-0.15, -0.1) is 0 Å². The number of hydrogen-bond acceptors (Lipinski definition) is 3. The third-order valence-electron chi connectivity index (χ3n) is 3.82. The van der Waals surface area contributed by atoms with Gasteiger partial charge in [-0.2, -0.15) is 11.8 Å². The average Bonchev–Trinajstić information content (AvgIpc) is 2.91. The summed E-state index contributed by atoms with van der Waals surface area (Å²) in [5, 5.41) is 3.85. The van der Waals surface area contributed by atoms with Gasteiger partial charge in [0, 0.05) is 29.3 Å². The van der Waals surface area contributed by atoms with Crippen molar-refractivity contribution in [2.75, 3.05) is 12.3 Å². The van der Waals surface area contributed by atoms with Crippen LogP contribution in [-0.4, -0.2) is 24.2 Å². The summed E-state index contributed by atoms with van der Waals surface area (Å²) in [4.78, 5) is 11.9. The molecule has 0 unspecified atom stereocenters. The maximum atomic E-state index is 11.9. The molecule has 1 saturated carbocycles. The zero-order valence-electron chi connectivity index (χ0n) is 12.2. The minimum absolute atomic E-state index is 0.135. The molecular weight excluding hydrogens is 304 g/mol. The molecule has 5 heteroatoms. The molecule has 1 aliphatic carbocycles. The molecule has 1 aromatic rings. The highest BCUT2D eigenvalue weighted by molar-refractivity contribution is 7.98. The maximum absolute atomic E-state index is 11.9. The van der Waals surface area contributed by atoms with Crippen LogP contribution in [0.25, 0.3) is 0 Å². The van der Waals surface area contributed by atoms with E-state index in [1.54, 1.807) is 0 Å². The number of rotatable bonds is 7. The fourth-order valence-corrected chi connectivity index (χ4v) is 3.83. The number of hydrogen-bond donors (Lipinski definition) is 2. The van der Waals surface area contributed by atoms with Crippen LogP contribution in [-0.2, 0) is 10.5 Å². The third-order valence-corrected chi connectivity index (χ3v) is 5.29. The average molecular weight is 327 g/mol. The molecule has 1 aromatic carbocycles. The summed E-state index contributed by atoms with van der Waals surface area (Å²) in [5.41, 5.74) is 7.00. The first-order valence-corrected chi connectivity index (χ1v) is 9.04. The molecule has 0 saturated heterocycles.